The molecule has 0 aliphatic heterocycles. The van der Waals surface area contributed by atoms with E-state index in [2.05, 4.69) is 17.5 Å². The molecule has 72 valence electrons. The van der Waals surface area contributed by atoms with Crippen LogP contribution >= 0.6 is 12.2 Å². The van der Waals surface area contributed by atoms with Crippen molar-refractivity contribution < 1.29 is 9.13 Å². The Kier molecular flexibility index (Phi) is 3.25. The first-order valence-electron chi connectivity index (χ1n) is 3.83. The van der Waals surface area contributed by atoms with Gasteiger partial charge in [-0.25, -0.2) is 4.39 Å². The lowest BCUT2D eigenvalue weighted by Crippen LogP contribution is -2.29. The van der Waals surface area contributed by atoms with Crippen LogP contribution in [0.2, 0.25) is 0 Å². The minimum atomic E-state index is -0.242. The van der Waals surface area contributed by atoms with Crippen molar-refractivity contribution in [2.75, 3.05) is 7.11 Å². The second-order valence-electron chi connectivity index (χ2n) is 2.62. The maximum absolute atomic E-state index is 13.1. The Morgan fingerprint density at radius 2 is 2.38 bits per heavy atom. The number of hydrogen-bond donors (Lipinski definition) is 2. The fraction of sp³-hybridized carbons (Fsp3) is 0.375. The van der Waals surface area contributed by atoms with Crippen molar-refractivity contribution in [1.29, 1.82) is 0 Å². The predicted molar refractivity (Wildman–Crippen MR) is 52.4 cm³/mol. The maximum Gasteiger partial charge on any atom is 0.168 e. The van der Waals surface area contributed by atoms with Crippen LogP contribution in [-0.4, -0.2) is 12.2 Å². The van der Waals surface area contributed by atoms with Crippen LogP contribution < -0.4 is 11.1 Å². The quantitative estimate of drug-likeness (QED) is 0.663. The Morgan fingerprint density at radius 1 is 1.69 bits per heavy atom. The van der Waals surface area contributed by atoms with Crippen molar-refractivity contribution in [2.45, 2.75) is 12.8 Å². The van der Waals surface area contributed by atoms with Gasteiger partial charge in [0.05, 0.1) is 18.6 Å². The second-order valence-corrected chi connectivity index (χ2v) is 3.06. The summed E-state index contributed by atoms with van der Waals surface area (Å²) in [5.74, 6) is 0.480. The molecule has 3 nitrogen and oxygen atoms in total. The molecule has 0 radical (unpaired) electrons. The number of allylic oxidation sites excluding steroid dienone is 3. The third-order valence-electron chi connectivity index (χ3n) is 1.71. The fourth-order valence-electron chi connectivity index (χ4n) is 1.08. The predicted octanol–water partition coefficient (Wildman–Crippen LogP) is 1.32. The Labute approximate surface area is 81.4 Å². The highest BCUT2D eigenvalue weighted by atomic mass is 32.1. The molecule has 0 saturated heterocycles. The van der Waals surface area contributed by atoms with E-state index in [9.17, 15) is 4.39 Å². The monoisotopic (exact) mass is 202 g/mol. The lowest BCUT2D eigenvalue weighted by atomic mass is 10.1. The van der Waals surface area contributed by atoms with Gasteiger partial charge in [0.2, 0.25) is 0 Å². The molecule has 0 spiro atoms. The summed E-state index contributed by atoms with van der Waals surface area (Å²) in [7, 11) is 1.55. The molecule has 3 N–H and O–H groups in total. The molecule has 0 aromatic rings. The van der Waals surface area contributed by atoms with Crippen LogP contribution in [0.5, 0.6) is 0 Å². The van der Waals surface area contributed by atoms with Crippen LogP contribution in [-0.2, 0) is 4.74 Å². The highest BCUT2D eigenvalue weighted by Gasteiger charge is 2.13. The standard InChI is InChI=1S/C8H11FN2OS/c1-12-5-2-3-6(9)7(4-5)11-8(10)13/h4H,2-3H2,1H3,(H3,10,11,13). The molecule has 0 fully saturated rings. The molecule has 1 aliphatic carbocycles. The molecule has 1 rings (SSSR count). The summed E-state index contributed by atoms with van der Waals surface area (Å²) in [6.45, 7) is 0. The van der Waals surface area contributed by atoms with E-state index in [0.717, 1.165) is 5.76 Å². The minimum absolute atomic E-state index is 0.0544. The lowest BCUT2D eigenvalue weighted by molar-refractivity contribution is 0.271. The van der Waals surface area contributed by atoms with E-state index < -0.39 is 0 Å². The molecule has 0 heterocycles. The maximum atomic E-state index is 13.1. The van der Waals surface area contributed by atoms with Crippen LogP contribution in [0.1, 0.15) is 12.8 Å². The van der Waals surface area contributed by atoms with E-state index in [4.69, 9.17) is 10.5 Å². The van der Waals surface area contributed by atoms with E-state index in [1.165, 1.54) is 0 Å². The molecule has 1 aliphatic rings. The summed E-state index contributed by atoms with van der Waals surface area (Å²) in [5.41, 5.74) is 5.52. The SMILES string of the molecule is COC1=CC(NC(N)=S)=C(F)CC1. The summed E-state index contributed by atoms with van der Waals surface area (Å²) >= 11 is 4.60. The number of ether oxygens (including phenoxy) is 1. The number of thiocarbonyl (C=S) groups is 1. The second kappa shape index (κ2) is 4.23. The molecule has 0 aromatic heterocycles. The van der Waals surface area contributed by atoms with Gasteiger partial charge in [0.25, 0.3) is 0 Å². The number of nitrogens with one attached hydrogen (secondary N) is 1. The van der Waals surface area contributed by atoms with Gasteiger partial charge in [-0.15, -0.1) is 0 Å². The zero-order valence-corrected chi connectivity index (χ0v) is 8.08. The highest BCUT2D eigenvalue weighted by Crippen LogP contribution is 2.23. The minimum Gasteiger partial charge on any atom is -0.501 e. The van der Waals surface area contributed by atoms with Crippen molar-refractivity contribution in [1.82, 2.24) is 5.32 Å². The Morgan fingerprint density at radius 3 is 2.92 bits per heavy atom. The van der Waals surface area contributed by atoms with Gasteiger partial charge < -0.3 is 15.8 Å². The first-order chi connectivity index (χ1) is 6.13. The smallest absolute Gasteiger partial charge is 0.168 e. The van der Waals surface area contributed by atoms with Crippen LogP contribution in [0.3, 0.4) is 0 Å². The molecular formula is C8H11FN2OS. The first-order valence-corrected chi connectivity index (χ1v) is 4.24. The highest BCUT2D eigenvalue weighted by molar-refractivity contribution is 7.80. The lowest BCUT2D eigenvalue weighted by Gasteiger charge is -2.15. The summed E-state index contributed by atoms with van der Waals surface area (Å²) in [6, 6.07) is 0. The van der Waals surface area contributed by atoms with E-state index >= 15 is 0 Å². The number of nitrogens with two attached hydrogens (primary N) is 1. The van der Waals surface area contributed by atoms with E-state index in [0.29, 0.717) is 18.5 Å². The molecule has 0 aromatic carbocycles. The molecule has 0 bridgehead atoms. The van der Waals surface area contributed by atoms with Gasteiger partial charge in [0.15, 0.2) is 5.11 Å². The van der Waals surface area contributed by atoms with Crippen molar-refractivity contribution in [3.8, 4) is 0 Å². The zero-order chi connectivity index (χ0) is 9.84. The van der Waals surface area contributed by atoms with Crippen molar-refractivity contribution >= 4 is 17.3 Å². The summed E-state index contributed by atoms with van der Waals surface area (Å²) in [5, 5.41) is 2.61. The van der Waals surface area contributed by atoms with Gasteiger partial charge in [-0.2, -0.15) is 0 Å². The van der Waals surface area contributed by atoms with Crippen LogP contribution in [0, 0.1) is 0 Å². The third-order valence-corrected chi connectivity index (χ3v) is 1.81. The molecule has 5 heteroatoms. The van der Waals surface area contributed by atoms with Crippen LogP contribution in [0.25, 0.3) is 0 Å². The molecular weight excluding hydrogens is 191 g/mol. The summed E-state index contributed by atoms with van der Waals surface area (Å²) in [6.07, 6.45) is 2.47. The fourth-order valence-corrected chi connectivity index (χ4v) is 1.19. The van der Waals surface area contributed by atoms with E-state index in [-0.39, 0.29) is 10.9 Å². The molecule has 0 saturated carbocycles. The number of halogens is 1. The molecule has 0 atom stereocenters. The van der Waals surface area contributed by atoms with Crippen molar-refractivity contribution in [3.63, 3.8) is 0 Å². The van der Waals surface area contributed by atoms with E-state index in [1.807, 2.05) is 0 Å². The Hall–Kier alpha value is -1.10. The molecule has 0 amide bonds. The molecule has 0 unspecified atom stereocenters. The normalized spacial score (nSPS) is 16.6. The molecule has 13 heavy (non-hydrogen) atoms. The summed E-state index contributed by atoms with van der Waals surface area (Å²) < 4.78 is 18.1. The largest absolute Gasteiger partial charge is 0.501 e. The number of methoxy groups -OCH3 is 1. The Bertz CT molecular complexity index is 286. The van der Waals surface area contributed by atoms with E-state index in [1.54, 1.807) is 13.2 Å². The zero-order valence-electron chi connectivity index (χ0n) is 7.26. The Balaban J connectivity index is 2.79. The van der Waals surface area contributed by atoms with Crippen LogP contribution in [0.4, 0.5) is 4.39 Å². The van der Waals surface area contributed by atoms with Gasteiger partial charge in [-0.3, -0.25) is 0 Å². The average molecular weight is 202 g/mol. The van der Waals surface area contributed by atoms with Crippen molar-refractivity contribution in [3.05, 3.63) is 23.4 Å². The summed E-state index contributed by atoms with van der Waals surface area (Å²) in [4.78, 5) is 0. The average Bonchev–Trinajstić information content (AvgIpc) is 2.08. The topological polar surface area (TPSA) is 47.3 Å². The van der Waals surface area contributed by atoms with Gasteiger partial charge in [0, 0.05) is 18.9 Å². The van der Waals surface area contributed by atoms with Crippen LogP contribution in [0.15, 0.2) is 23.4 Å². The van der Waals surface area contributed by atoms with Gasteiger partial charge in [-0.1, -0.05) is 0 Å². The first kappa shape index (κ1) is 9.98. The third kappa shape index (κ3) is 2.69. The van der Waals surface area contributed by atoms with Crippen molar-refractivity contribution in [2.24, 2.45) is 5.73 Å². The van der Waals surface area contributed by atoms with Gasteiger partial charge in [0.1, 0.15) is 5.83 Å². The van der Waals surface area contributed by atoms with Gasteiger partial charge >= 0.3 is 0 Å². The number of rotatable bonds is 2. The number of hydrogen-bond acceptors (Lipinski definition) is 2. The van der Waals surface area contributed by atoms with Gasteiger partial charge in [-0.05, 0) is 12.2 Å².